The summed E-state index contributed by atoms with van der Waals surface area (Å²) in [7, 11) is 2.18. The smallest absolute Gasteiger partial charge is 0.0957 e. The lowest BCUT2D eigenvalue weighted by Gasteiger charge is -2.05. The number of rotatable bonds is 12. The summed E-state index contributed by atoms with van der Waals surface area (Å²) in [5.41, 5.74) is 0. The quantitative estimate of drug-likeness (QED) is 0.154. The van der Waals surface area contributed by atoms with E-state index in [4.69, 9.17) is 0 Å². The van der Waals surface area contributed by atoms with Crippen LogP contribution < -0.4 is 0 Å². The van der Waals surface area contributed by atoms with E-state index >= 15 is 0 Å². The van der Waals surface area contributed by atoms with E-state index in [0.29, 0.717) is 0 Å². The van der Waals surface area contributed by atoms with E-state index < -0.39 is 0 Å². The molecule has 0 aliphatic carbocycles. The Morgan fingerprint density at radius 2 is 1.10 bits per heavy atom. The van der Waals surface area contributed by atoms with Crippen molar-refractivity contribution in [2.75, 3.05) is 11.5 Å². The van der Waals surface area contributed by atoms with Gasteiger partial charge in [0.2, 0.25) is 0 Å². The molecule has 1 aromatic heterocycles. The first-order valence-electron chi connectivity index (χ1n) is 10.6. The average molecular weight is 742 g/mol. The van der Waals surface area contributed by atoms with Gasteiger partial charge in [-0.2, -0.15) is 0 Å². The zero-order valence-electron chi connectivity index (χ0n) is 17.7. The predicted octanol–water partition coefficient (Wildman–Crippen LogP) is 10.8. The normalized spacial score (nSPS) is 16.3. The van der Waals surface area contributed by atoms with Gasteiger partial charge in [0, 0.05) is 7.05 Å². The fourth-order valence-electron chi connectivity index (χ4n) is 2.96. The highest BCUT2D eigenvalue weighted by Crippen LogP contribution is 2.65. The van der Waals surface area contributed by atoms with Gasteiger partial charge in [-0.3, -0.25) is 0 Å². The van der Waals surface area contributed by atoms with Gasteiger partial charge in [-0.1, -0.05) is 99.4 Å². The molecule has 168 valence electrons. The van der Waals surface area contributed by atoms with Crippen LogP contribution in [-0.2, 0) is 7.05 Å². The summed E-state index contributed by atoms with van der Waals surface area (Å²) in [6.07, 6.45) is 10.8. The molecule has 2 aliphatic rings. The molecule has 1 aromatic rings. The maximum absolute atomic E-state index is 2.50. The Bertz CT molecular complexity index is 742. The number of hydrogen-bond donors (Lipinski definition) is 0. The Balaban J connectivity index is 1.64. The fourth-order valence-corrected chi connectivity index (χ4v) is 14.4. The van der Waals surface area contributed by atoms with E-state index in [1.807, 2.05) is 47.0 Å². The van der Waals surface area contributed by atoms with Gasteiger partial charge in [0.05, 0.1) is 34.1 Å². The van der Waals surface area contributed by atoms with Crippen LogP contribution in [0.1, 0.15) is 65.2 Å². The van der Waals surface area contributed by atoms with Crippen molar-refractivity contribution in [3.63, 3.8) is 0 Å². The second-order valence-electron chi connectivity index (χ2n) is 7.18. The Morgan fingerprint density at radius 1 is 0.667 bits per heavy atom. The van der Waals surface area contributed by atoms with Crippen LogP contribution >= 0.6 is 116 Å². The van der Waals surface area contributed by atoms with Crippen molar-refractivity contribution in [2.24, 2.45) is 7.05 Å². The van der Waals surface area contributed by atoms with Crippen LogP contribution in [0.4, 0.5) is 0 Å². The van der Waals surface area contributed by atoms with E-state index in [2.05, 4.69) is 94.2 Å². The Kier molecular flexibility index (Phi) is 12.6. The number of fused-ring (bicyclic) bond motifs is 1. The Labute approximate surface area is 235 Å². The fraction of sp³-hybridized carbons (Fsp3) is 0.619. The molecule has 0 unspecified atom stereocenters. The molecule has 0 saturated carbocycles. The molecule has 0 fully saturated rings. The molecule has 0 atom stereocenters. The lowest BCUT2D eigenvalue weighted by Crippen LogP contribution is -1.93. The molecule has 1 nitrogen and oxygen atoms in total. The molecule has 0 saturated heterocycles. The number of unbranched alkanes of at least 4 members (excludes halogenated alkanes) is 6. The third-order valence-electron chi connectivity index (χ3n) is 4.73. The number of nitrogens with zero attached hydrogens (tertiary/aromatic N) is 1. The molecular weight excluding hydrogens is 712 g/mol. The summed E-state index contributed by atoms with van der Waals surface area (Å²) >= 11 is 17.3. The van der Waals surface area contributed by atoms with E-state index in [1.165, 1.54) is 88.5 Å². The molecule has 0 bridgehead atoms. The highest BCUT2D eigenvalue weighted by Gasteiger charge is 2.33. The summed E-state index contributed by atoms with van der Waals surface area (Å²) in [6.45, 7) is 4.59. The van der Waals surface area contributed by atoms with Gasteiger partial charge in [0.15, 0.2) is 0 Å². The molecule has 2 aliphatic heterocycles. The molecular formula is C21H29I2NS6. The molecule has 3 rings (SSSR count). The molecule has 0 aromatic carbocycles. The van der Waals surface area contributed by atoms with Crippen molar-refractivity contribution in [1.29, 1.82) is 0 Å². The average Bonchev–Trinajstić information content (AvgIpc) is 3.40. The first-order chi connectivity index (χ1) is 14.6. The van der Waals surface area contributed by atoms with E-state index in [-0.39, 0.29) is 0 Å². The van der Waals surface area contributed by atoms with Crippen LogP contribution in [0.5, 0.6) is 0 Å². The van der Waals surface area contributed by atoms with Crippen LogP contribution in [0.25, 0.3) is 0 Å². The second kappa shape index (κ2) is 14.0. The first kappa shape index (κ1) is 26.9. The van der Waals surface area contributed by atoms with Crippen LogP contribution in [0.3, 0.4) is 0 Å². The molecule has 0 N–H and O–H groups in total. The molecule has 0 radical (unpaired) electrons. The lowest BCUT2D eigenvalue weighted by atomic mass is 10.2. The van der Waals surface area contributed by atoms with E-state index in [9.17, 15) is 0 Å². The van der Waals surface area contributed by atoms with Gasteiger partial charge in [0.25, 0.3) is 0 Å². The molecule has 30 heavy (non-hydrogen) atoms. The minimum absolute atomic E-state index is 1.27. The molecule has 3 heterocycles. The van der Waals surface area contributed by atoms with Gasteiger partial charge in [-0.15, -0.1) is 23.5 Å². The largest absolute Gasteiger partial charge is 0.333 e. The standard InChI is InChI=1S/C21H29I2NS6/c1-4-6-8-10-12-25-18-19(26-13-11-9-7-5-2)30-21(29-18)20-27-14-15(28-20)17(23)24(3)16(14)22/h4-13H2,1-3H3. The van der Waals surface area contributed by atoms with Crippen LogP contribution in [0, 0.1) is 7.40 Å². The Morgan fingerprint density at radius 3 is 1.53 bits per heavy atom. The van der Waals surface area contributed by atoms with Crippen LogP contribution in [0.2, 0.25) is 0 Å². The molecule has 0 amide bonds. The van der Waals surface area contributed by atoms with Gasteiger partial charge in [-0.25, -0.2) is 0 Å². The third-order valence-corrected chi connectivity index (χ3v) is 16.8. The number of aromatic nitrogens is 1. The lowest BCUT2D eigenvalue weighted by molar-refractivity contribution is 0.707. The van der Waals surface area contributed by atoms with Gasteiger partial charge in [0.1, 0.15) is 0 Å². The monoisotopic (exact) mass is 741 g/mol. The highest BCUT2D eigenvalue weighted by molar-refractivity contribution is 14.1. The summed E-state index contributed by atoms with van der Waals surface area (Å²) in [5, 5.41) is 0. The maximum atomic E-state index is 2.50. The highest BCUT2D eigenvalue weighted by atomic mass is 127. The van der Waals surface area contributed by atoms with Crippen molar-refractivity contribution in [2.45, 2.75) is 75.0 Å². The number of hydrogen-bond acceptors (Lipinski definition) is 6. The predicted molar refractivity (Wildman–Crippen MR) is 165 cm³/mol. The van der Waals surface area contributed by atoms with Crippen molar-refractivity contribution in [1.82, 2.24) is 4.57 Å². The minimum atomic E-state index is 1.27. The van der Waals surface area contributed by atoms with Crippen molar-refractivity contribution in [3.05, 3.63) is 24.3 Å². The second-order valence-corrected chi connectivity index (χ2v) is 16.5. The maximum Gasteiger partial charge on any atom is 0.0957 e. The number of halogens is 2. The number of thioether (sulfide) groups is 6. The summed E-state index contributed by atoms with van der Waals surface area (Å²) in [4.78, 5) is 2.93. The molecule has 0 spiro atoms. The van der Waals surface area contributed by atoms with Crippen LogP contribution in [-0.4, -0.2) is 16.1 Å². The minimum Gasteiger partial charge on any atom is -0.333 e. The SMILES string of the molecule is CCCCCCSC1=C(SCCCCCC)SC(=C2Sc3c(c(I)n(C)c3I)S2)S1. The summed E-state index contributed by atoms with van der Waals surface area (Å²) in [5.74, 6) is 2.53. The summed E-state index contributed by atoms with van der Waals surface area (Å²) < 4.78 is 11.2. The first-order valence-corrected chi connectivity index (χ1v) is 17.9. The zero-order valence-corrected chi connectivity index (χ0v) is 26.9. The topological polar surface area (TPSA) is 4.93 Å². The van der Waals surface area contributed by atoms with Gasteiger partial charge < -0.3 is 4.57 Å². The zero-order chi connectivity index (χ0) is 21.5. The van der Waals surface area contributed by atoms with Crippen molar-refractivity contribution in [3.8, 4) is 0 Å². The van der Waals surface area contributed by atoms with Gasteiger partial charge >= 0.3 is 0 Å². The van der Waals surface area contributed by atoms with Crippen LogP contribution in [0.15, 0.2) is 26.7 Å². The van der Waals surface area contributed by atoms with Crippen molar-refractivity contribution < 1.29 is 0 Å². The van der Waals surface area contributed by atoms with E-state index in [0.717, 1.165) is 0 Å². The van der Waals surface area contributed by atoms with E-state index in [1.54, 1.807) is 8.47 Å². The third kappa shape index (κ3) is 7.16. The van der Waals surface area contributed by atoms with Gasteiger partial charge in [-0.05, 0) is 69.5 Å². The Hall–Kier alpha value is 2.32. The van der Waals surface area contributed by atoms with Crippen molar-refractivity contribution >= 4 is 116 Å². The summed E-state index contributed by atoms with van der Waals surface area (Å²) in [6, 6.07) is 0. The molecule has 9 heteroatoms.